The minimum atomic E-state index is -0.891. The van der Waals surface area contributed by atoms with Crippen molar-refractivity contribution >= 4 is 68.5 Å². The number of halogens is 4. The second kappa shape index (κ2) is 24.2. The maximum Gasteiger partial charge on any atom is 0.278 e. The Kier molecular flexibility index (Phi) is 16.6. The minimum absolute atomic E-state index is 0.204. The van der Waals surface area contributed by atoms with Gasteiger partial charge in [-0.2, -0.15) is 0 Å². The molecule has 0 spiro atoms. The Bertz CT molecular complexity index is 3800. The number of rotatable bonds is 17. The summed E-state index contributed by atoms with van der Waals surface area (Å²) in [5.41, 5.74) is 9.60. The van der Waals surface area contributed by atoms with Crippen molar-refractivity contribution in [1.82, 2.24) is 49.9 Å². The molecule has 15 nitrogen and oxygen atoms in total. The summed E-state index contributed by atoms with van der Waals surface area (Å²) in [6.07, 6.45) is 0.865. The van der Waals surface area contributed by atoms with E-state index in [1.807, 2.05) is 125 Å². The van der Waals surface area contributed by atoms with Crippen molar-refractivity contribution < 1.29 is 23.7 Å². The van der Waals surface area contributed by atoms with Crippen LogP contribution >= 0.6 is 46.4 Å². The van der Waals surface area contributed by atoms with Crippen LogP contribution in [0.3, 0.4) is 0 Å². The highest BCUT2D eigenvalue weighted by molar-refractivity contribution is 6.46. The van der Waals surface area contributed by atoms with Gasteiger partial charge in [0.15, 0.2) is 0 Å². The van der Waals surface area contributed by atoms with Gasteiger partial charge in [-0.15, -0.1) is 10.2 Å². The summed E-state index contributed by atoms with van der Waals surface area (Å²) in [4.78, 5) is 18.5. The van der Waals surface area contributed by atoms with Gasteiger partial charge in [-0.3, -0.25) is 0 Å². The summed E-state index contributed by atoms with van der Waals surface area (Å²) in [6, 6.07) is 53.8. The molecule has 0 bridgehead atoms. The lowest BCUT2D eigenvalue weighted by Crippen LogP contribution is -2.34. The fourth-order valence-corrected chi connectivity index (χ4v) is 10.3. The molecule has 0 radical (unpaired) electrons. The predicted molar refractivity (Wildman–Crippen MR) is 310 cm³/mol. The molecule has 0 N–H and O–H groups in total. The average molecular weight is 1130 g/mol. The summed E-state index contributed by atoms with van der Waals surface area (Å²) in [5.74, 6) is 0.941. The molecule has 0 unspecified atom stereocenters. The molecule has 0 aliphatic carbocycles. The van der Waals surface area contributed by atoms with Gasteiger partial charge in [0.05, 0.1) is 89.5 Å². The number of methoxy groups -OCH3 is 4. The van der Waals surface area contributed by atoms with E-state index in [1.54, 1.807) is 12.1 Å². The Labute approximate surface area is 475 Å². The fraction of sp³-hybridized carbons (Fsp3) is 0.167. The van der Waals surface area contributed by atoms with E-state index in [-0.39, 0.29) is 35.1 Å². The zero-order valence-electron chi connectivity index (χ0n) is 43.4. The van der Waals surface area contributed by atoms with Gasteiger partial charge in [0.1, 0.15) is 33.7 Å². The van der Waals surface area contributed by atoms with Crippen LogP contribution in [0, 0.1) is 0 Å². The van der Waals surface area contributed by atoms with E-state index in [4.69, 9.17) is 75.1 Å². The third-order valence-corrected chi connectivity index (χ3v) is 14.6. The molecule has 4 aromatic heterocycles. The number of hydrogen-bond donors (Lipinski definition) is 0. The molecule has 0 atom stereocenters. The minimum Gasteiger partial charge on any atom is -0.477 e. The maximum atomic E-state index is 7.08. The van der Waals surface area contributed by atoms with E-state index < -0.39 is 5.60 Å². The van der Waals surface area contributed by atoms with Crippen LogP contribution in [0.4, 0.5) is 0 Å². The Morgan fingerprint density at radius 3 is 1.29 bits per heavy atom. The lowest BCUT2D eigenvalue weighted by atomic mass is 9.80. The number of benzene rings is 7. The topological polar surface area (TPSA) is 159 Å². The first-order valence-corrected chi connectivity index (χ1v) is 26.5. The van der Waals surface area contributed by atoms with Gasteiger partial charge in [0, 0.05) is 17.7 Å². The molecule has 4 heterocycles. The molecule has 0 saturated heterocycles. The van der Waals surface area contributed by atoms with E-state index in [0.29, 0.717) is 72.7 Å². The van der Waals surface area contributed by atoms with Crippen LogP contribution in [0.2, 0.25) is 20.1 Å². The Morgan fingerprint density at radius 2 is 0.835 bits per heavy atom. The van der Waals surface area contributed by atoms with Crippen molar-refractivity contribution in [3.63, 3.8) is 0 Å². The maximum absolute atomic E-state index is 7.08. The van der Waals surface area contributed by atoms with E-state index in [0.717, 1.165) is 45.6 Å². The van der Waals surface area contributed by atoms with Crippen molar-refractivity contribution in [2.45, 2.75) is 32.0 Å². The Morgan fingerprint density at radius 1 is 0.443 bits per heavy atom. The molecule has 0 aliphatic heterocycles. The lowest BCUT2D eigenvalue weighted by molar-refractivity contribution is 0.00714. The van der Waals surface area contributed by atoms with Crippen LogP contribution < -0.4 is 18.9 Å². The highest BCUT2D eigenvalue weighted by atomic mass is 35.5. The van der Waals surface area contributed by atoms with E-state index >= 15 is 0 Å². The molecule has 19 heteroatoms. The molecule has 7 aromatic carbocycles. The smallest absolute Gasteiger partial charge is 0.278 e. The number of aromatic nitrogens is 10. The van der Waals surface area contributed by atoms with Gasteiger partial charge in [-0.05, 0) is 35.2 Å². The number of fused-ring (bicyclic) bond motifs is 2. The van der Waals surface area contributed by atoms with Crippen molar-refractivity contribution in [2.24, 2.45) is 0 Å². The number of hydrogen-bond acceptors (Lipinski definition) is 13. The molecule has 0 fully saturated rings. The van der Waals surface area contributed by atoms with Crippen molar-refractivity contribution in [1.29, 1.82) is 0 Å². The van der Waals surface area contributed by atoms with E-state index in [1.165, 1.54) is 28.4 Å². The van der Waals surface area contributed by atoms with Crippen LogP contribution in [0.25, 0.3) is 67.1 Å². The van der Waals surface area contributed by atoms with Crippen LogP contribution in [0.15, 0.2) is 164 Å². The van der Waals surface area contributed by atoms with Crippen molar-refractivity contribution in [3.8, 4) is 68.5 Å². The monoisotopic (exact) mass is 1130 g/mol. The molecule has 0 saturated carbocycles. The van der Waals surface area contributed by atoms with Gasteiger partial charge >= 0.3 is 0 Å². The molecule has 79 heavy (non-hydrogen) atoms. The molecule has 0 aliphatic rings. The number of aryl methyl sites for hydroxylation is 1. The molecule has 11 rings (SSSR count). The normalized spacial score (nSPS) is 11.4. The first-order chi connectivity index (χ1) is 38.6. The standard InChI is InChI=1S/C39H31Cl2N5O3.C21H19Cl2N5O2/c1-47-37-38(48-2)43-34-31(42-37)25-30(40)33(41)32(34)35-36(26-15-7-3-8-16-26)46(45-44-35)23-24-49-39(27-17-9-4-10-18-27,28-19-11-5-12-20-28)29-21-13-6-14-22-29;1-4-10-28-19(17(26-27-28)12-8-6-5-7-9-12)15-16(23)13(22)11-14-18(15)25-21(30-3)20(24-14)29-2/h3-22,25H,23-24H2,1-2H3;5-9,11H,4,10H2,1-3H3. The van der Waals surface area contributed by atoms with E-state index in [9.17, 15) is 0 Å². The third-order valence-electron chi connectivity index (χ3n) is 13.0. The lowest BCUT2D eigenvalue weighted by Gasteiger charge is -2.36. The van der Waals surface area contributed by atoms with Gasteiger partial charge in [0.2, 0.25) is 0 Å². The summed E-state index contributed by atoms with van der Waals surface area (Å²) < 4.78 is 32.3. The summed E-state index contributed by atoms with van der Waals surface area (Å²) in [6.45, 7) is 3.37. The first kappa shape index (κ1) is 54.2. The molecular weight excluding hydrogens is 1080 g/mol. The number of ether oxygens (including phenoxy) is 5. The van der Waals surface area contributed by atoms with E-state index in [2.05, 4.69) is 78.9 Å². The fourth-order valence-electron chi connectivity index (χ4n) is 9.47. The number of nitrogens with zero attached hydrogens (tertiary/aromatic N) is 10. The van der Waals surface area contributed by atoms with Crippen LogP contribution in [0.5, 0.6) is 23.5 Å². The highest BCUT2D eigenvalue weighted by Crippen LogP contribution is 2.46. The van der Waals surface area contributed by atoms with Gasteiger partial charge in [-0.1, -0.05) is 215 Å². The summed E-state index contributed by atoms with van der Waals surface area (Å²) >= 11 is 26.8. The first-order valence-electron chi connectivity index (χ1n) is 25.0. The molecule has 0 amide bonds. The molecule has 398 valence electrons. The molecular formula is C60H50Cl4N10O5. The average Bonchev–Trinajstić information content (AvgIpc) is 4.12. The third kappa shape index (κ3) is 10.6. The molecule has 11 aromatic rings. The summed E-state index contributed by atoms with van der Waals surface area (Å²) in [7, 11) is 6.01. The van der Waals surface area contributed by atoms with Crippen molar-refractivity contribution in [3.05, 3.63) is 201 Å². The predicted octanol–water partition coefficient (Wildman–Crippen LogP) is 14.2. The van der Waals surface area contributed by atoms with Crippen LogP contribution in [-0.2, 0) is 23.4 Å². The van der Waals surface area contributed by atoms with Crippen LogP contribution in [0.1, 0.15) is 30.0 Å². The van der Waals surface area contributed by atoms with Gasteiger partial charge in [-0.25, -0.2) is 29.3 Å². The zero-order valence-corrected chi connectivity index (χ0v) is 46.5. The van der Waals surface area contributed by atoms with Crippen LogP contribution in [-0.4, -0.2) is 85.0 Å². The largest absolute Gasteiger partial charge is 0.477 e. The Hall–Kier alpha value is -8.18. The van der Waals surface area contributed by atoms with Gasteiger partial charge in [0.25, 0.3) is 23.5 Å². The quantitative estimate of drug-likeness (QED) is 0.0794. The summed E-state index contributed by atoms with van der Waals surface area (Å²) in [5, 5.41) is 19.4. The second-order valence-electron chi connectivity index (χ2n) is 17.7. The Balaban J connectivity index is 0.000000201. The van der Waals surface area contributed by atoms with Crippen molar-refractivity contribution in [2.75, 3.05) is 35.0 Å². The second-order valence-corrected chi connectivity index (χ2v) is 19.3. The SMILES string of the molecule is CCCn1nnc(-c2ccccc2)c1-c1c(Cl)c(Cl)cc2nc(OC)c(OC)nc12.COc1nc2cc(Cl)c(Cl)c(-c3nnn(CCOC(c4ccccc4)(c4ccccc4)c4ccccc4)c3-c3ccccc3)c2nc1OC. The zero-order chi connectivity index (χ0) is 55.0. The highest BCUT2D eigenvalue weighted by Gasteiger charge is 2.38. The van der Waals surface area contributed by atoms with Gasteiger partial charge < -0.3 is 23.7 Å².